The van der Waals surface area contributed by atoms with Gasteiger partial charge in [0.05, 0.1) is 11.8 Å². The quantitative estimate of drug-likeness (QED) is 0.591. The summed E-state index contributed by atoms with van der Waals surface area (Å²) in [4.78, 5) is 21.9. The number of hydrogen-bond acceptors (Lipinski definition) is 3. The van der Waals surface area contributed by atoms with Crippen LogP contribution in [0, 0.1) is 5.41 Å². The van der Waals surface area contributed by atoms with E-state index in [2.05, 4.69) is 10.6 Å². The van der Waals surface area contributed by atoms with Crippen LogP contribution in [-0.2, 0) is 9.59 Å². The summed E-state index contributed by atoms with van der Waals surface area (Å²) in [6.45, 7) is 1.29. The second-order valence-electron chi connectivity index (χ2n) is 4.61. The number of hydrogen-bond donors (Lipinski definition) is 4. The lowest BCUT2D eigenvalue weighted by Crippen LogP contribution is -2.43. The van der Waals surface area contributed by atoms with Gasteiger partial charge in [-0.3, -0.25) is 9.59 Å². The molecule has 7 heteroatoms. The van der Waals surface area contributed by atoms with E-state index < -0.39 is 23.8 Å². The summed E-state index contributed by atoms with van der Waals surface area (Å²) < 4.78 is 0. The van der Waals surface area contributed by atoms with Crippen molar-refractivity contribution in [3.05, 3.63) is 30.3 Å². The third kappa shape index (κ3) is 4.85. The van der Waals surface area contributed by atoms with Crippen LogP contribution in [0.5, 0.6) is 0 Å². The molecular weight excluding hydrogens is 280 g/mol. The van der Waals surface area contributed by atoms with E-state index in [1.807, 2.05) is 30.3 Å². The SMILES string of the molecule is CC(CNC(=S)Nc1ccccc1)(CC(=O)O)C(=O)O. The standard InChI is InChI=1S/C13H16N2O4S/c1-13(11(18)19,7-10(16)17)8-14-12(20)15-9-5-3-2-4-6-9/h2-6H,7-8H2,1H3,(H,16,17)(H,18,19)(H2,14,15,20). The Hall–Kier alpha value is -2.15. The summed E-state index contributed by atoms with van der Waals surface area (Å²) in [6, 6.07) is 9.13. The number of para-hydroxylation sites is 1. The summed E-state index contributed by atoms with van der Waals surface area (Å²) in [7, 11) is 0. The van der Waals surface area contributed by atoms with Gasteiger partial charge in [0, 0.05) is 12.2 Å². The maximum atomic E-state index is 11.2. The van der Waals surface area contributed by atoms with Crippen molar-refractivity contribution in [2.75, 3.05) is 11.9 Å². The Labute approximate surface area is 121 Å². The van der Waals surface area contributed by atoms with Crippen LogP contribution in [-0.4, -0.2) is 33.8 Å². The smallest absolute Gasteiger partial charge is 0.311 e. The van der Waals surface area contributed by atoms with Crippen molar-refractivity contribution in [3.8, 4) is 0 Å². The van der Waals surface area contributed by atoms with Crippen LogP contribution in [0.1, 0.15) is 13.3 Å². The minimum absolute atomic E-state index is 0.0761. The normalized spacial score (nSPS) is 13.1. The predicted molar refractivity (Wildman–Crippen MR) is 78.7 cm³/mol. The van der Waals surface area contributed by atoms with Gasteiger partial charge in [0.15, 0.2) is 5.11 Å². The van der Waals surface area contributed by atoms with Crippen molar-refractivity contribution < 1.29 is 19.8 Å². The molecular formula is C13H16N2O4S. The van der Waals surface area contributed by atoms with Gasteiger partial charge >= 0.3 is 11.9 Å². The first-order valence-electron chi connectivity index (χ1n) is 5.88. The van der Waals surface area contributed by atoms with Crippen LogP contribution < -0.4 is 10.6 Å². The van der Waals surface area contributed by atoms with Crippen molar-refractivity contribution in [1.29, 1.82) is 0 Å². The monoisotopic (exact) mass is 296 g/mol. The van der Waals surface area contributed by atoms with Crippen molar-refractivity contribution in [2.24, 2.45) is 5.41 Å². The average molecular weight is 296 g/mol. The van der Waals surface area contributed by atoms with Crippen LogP contribution in [0.3, 0.4) is 0 Å². The second-order valence-corrected chi connectivity index (χ2v) is 5.02. The van der Waals surface area contributed by atoms with Crippen LogP contribution in [0.4, 0.5) is 5.69 Å². The largest absolute Gasteiger partial charge is 0.481 e. The Bertz CT molecular complexity index is 506. The van der Waals surface area contributed by atoms with Gasteiger partial charge in [0.25, 0.3) is 0 Å². The molecule has 0 amide bonds. The van der Waals surface area contributed by atoms with E-state index in [0.717, 1.165) is 5.69 Å². The molecule has 108 valence electrons. The fourth-order valence-electron chi connectivity index (χ4n) is 1.52. The van der Waals surface area contributed by atoms with E-state index in [9.17, 15) is 9.59 Å². The first-order chi connectivity index (χ1) is 9.33. The summed E-state index contributed by atoms with van der Waals surface area (Å²) >= 11 is 5.04. The van der Waals surface area contributed by atoms with Gasteiger partial charge in [-0.25, -0.2) is 0 Å². The molecule has 1 rings (SSSR count). The summed E-state index contributed by atoms with van der Waals surface area (Å²) in [5.41, 5.74) is -0.658. The molecule has 6 nitrogen and oxygen atoms in total. The van der Waals surface area contributed by atoms with Crippen molar-refractivity contribution in [3.63, 3.8) is 0 Å². The first-order valence-corrected chi connectivity index (χ1v) is 6.29. The highest BCUT2D eigenvalue weighted by Crippen LogP contribution is 2.20. The maximum Gasteiger partial charge on any atom is 0.311 e. The Kier molecular flexibility index (Phi) is 5.45. The average Bonchev–Trinajstić information content (AvgIpc) is 2.36. The van der Waals surface area contributed by atoms with Crippen LogP contribution in [0.15, 0.2) is 30.3 Å². The highest BCUT2D eigenvalue weighted by Gasteiger charge is 2.35. The van der Waals surface area contributed by atoms with Gasteiger partial charge in [-0.05, 0) is 31.3 Å². The fourth-order valence-corrected chi connectivity index (χ4v) is 1.71. The summed E-state index contributed by atoms with van der Waals surface area (Å²) in [6.07, 6.45) is -0.483. The zero-order chi connectivity index (χ0) is 15.2. The number of carboxylic acid groups (broad SMARTS) is 2. The van der Waals surface area contributed by atoms with Gasteiger partial charge in [-0.15, -0.1) is 0 Å². The lowest BCUT2D eigenvalue weighted by atomic mass is 9.87. The van der Waals surface area contributed by atoms with E-state index in [1.54, 1.807) is 0 Å². The lowest BCUT2D eigenvalue weighted by molar-refractivity contribution is -0.154. The molecule has 0 aliphatic rings. The molecule has 0 aliphatic heterocycles. The zero-order valence-electron chi connectivity index (χ0n) is 10.9. The molecule has 4 N–H and O–H groups in total. The Morgan fingerprint density at radius 1 is 1.25 bits per heavy atom. The van der Waals surface area contributed by atoms with Gasteiger partial charge in [0.1, 0.15) is 0 Å². The molecule has 0 saturated carbocycles. The molecule has 0 aliphatic carbocycles. The van der Waals surface area contributed by atoms with E-state index in [0.29, 0.717) is 0 Å². The van der Waals surface area contributed by atoms with Gasteiger partial charge < -0.3 is 20.8 Å². The van der Waals surface area contributed by atoms with Gasteiger partial charge in [0.2, 0.25) is 0 Å². The number of carbonyl (C=O) groups is 2. The third-order valence-corrected chi connectivity index (χ3v) is 2.97. The lowest BCUT2D eigenvalue weighted by Gasteiger charge is -2.24. The van der Waals surface area contributed by atoms with E-state index >= 15 is 0 Å². The number of nitrogens with one attached hydrogen (secondary N) is 2. The van der Waals surface area contributed by atoms with E-state index in [1.165, 1.54) is 6.92 Å². The number of carboxylic acids is 2. The molecule has 0 bridgehead atoms. The molecule has 0 aromatic heterocycles. The van der Waals surface area contributed by atoms with Crippen LogP contribution in [0.25, 0.3) is 0 Å². The van der Waals surface area contributed by atoms with Crippen LogP contribution >= 0.6 is 12.2 Å². The number of benzene rings is 1. The molecule has 1 aromatic rings. The Morgan fingerprint density at radius 2 is 1.85 bits per heavy atom. The summed E-state index contributed by atoms with van der Waals surface area (Å²) in [5.74, 6) is -2.35. The molecule has 0 saturated heterocycles. The minimum atomic E-state index is -1.42. The van der Waals surface area contributed by atoms with Crippen molar-refractivity contribution in [1.82, 2.24) is 5.32 Å². The van der Waals surface area contributed by atoms with E-state index in [4.69, 9.17) is 22.4 Å². The second kappa shape index (κ2) is 6.85. The highest BCUT2D eigenvalue weighted by molar-refractivity contribution is 7.80. The fraction of sp³-hybridized carbons (Fsp3) is 0.308. The van der Waals surface area contributed by atoms with Crippen molar-refractivity contribution in [2.45, 2.75) is 13.3 Å². The number of rotatable bonds is 6. The summed E-state index contributed by atoms with van der Waals surface area (Å²) in [5, 5.41) is 23.7. The van der Waals surface area contributed by atoms with Crippen LogP contribution in [0.2, 0.25) is 0 Å². The first kappa shape index (κ1) is 15.9. The zero-order valence-corrected chi connectivity index (χ0v) is 11.7. The molecule has 0 fully saturated rings. The number of anilines is 1. The van der Waals surface area contributed by atoms with E-state index in [-0.39, 0.29) is 11.7 Å². The van der Waals surface area contributed by atoms with Crippen molar-refractivity contribution >= 4 is 35.0 Å². The topological polar surface area (TPSA) is 98.7 Å². The molecule has 0 radical (unpaired) electrons. The molecule has 1 aromatic carbocycles. The highest BCUT2D eigenvalue weighted by atomic mass is 32.1. The molecule has 1 unspecified atom stereocenters. The number of aliphatic carboxylic acids is 2. The molecule has 20 heavy (non-hydrogen) atoms. The number of thiocarbonyl (C=S) groups is 1. The van der Waals surface area contributed by atoms with Gasteiger partial charge in [-0.2, -0.15) is 0 Å². The Morgan fingerprint density at radius 3 is 2.35 bits per heavy atom. The Balaban J connectivity index is 2.57. The minimum Gasteiger partial charge on any atom is -0.481 e. The molecule has 1 atom stereocenters. The predicted octanol–water partition coefficient (Wildman–Crippen LogP) is 1.54. The molecule has 0 heterocycles. The molecule has 0 spiro atoms. The van der Waals surface area contributed by atoms with Gasteiger partial charge in [-0.1, -0.05) is 18.2 Å². The third-order valence-electron chi connectivity index (χ3n) is 2.73. The maximum absolute atomic E-state index is 11.2.